The number of benzene rings is 2. The van der Waals surface area contributed by atoms with E-state index in [-0.39, 0.29) is 28.1 Å². The van der Waals surface area contributed by atoms with E-state index in [9.17, 15) is 24.5 Å². The molecule has 0 radical (unpaired) electrons. The number of nitro benzene ring substituents is 1. The van der Waals surface area contributed by atoms with Crippen LogP contribution >= 0.6 is 0 Å². The van der Waals surface area contributed by atoms with Crippen molar-refractivity contribution >= 4 is 28.5 Å². The van der Waals surface area contributed by atoms with Crippen LogP contribution in [0.4, 0.5) is 5.69 Å². The molecule has 1 aromatic heterocycles. The van der Waals surface area contributed by atoms with Crippen molar-refractivity contribution in [1.29, 1.82) is 0 Å². The van der Waals surface area contributed by atoms with E-state index in [1.54, 1.807) is 13.8 Å². The normalized spacial score (nSPS) is 10.6. The fourth-order valence-electron chi connectivity index (χ4n) is 2.67. The molecule has 0 fully saturated rings. The van der Waals surface area contributed by atoms with Crippen LogP contribution in [0.25, 0.3) is 11.0 Å². The van der Waals surface area contributed by atoms with Crippen LogP contribution in [-0.2, 0) is 0 Å². The lowest BCUT2D eigenvalue weighted by molar-refractivity contribution is -0.385. The maximum atomic E-state index is 12.3. The smallest absolute Gasteiger partial charge is 0.349 e. The van der Waals surface area contributed by atoms with Crippen LogP contribution in [0.15, 0.2) is 51.7 Å². The number of nitrogens with zero attached hydrogens (tertiary/aromatic N) is 1. The first kappa shape index (κ1) is 19.7. The fourth-order valence-corrected chi connectivity index (χ4v) is 2.67. The van der Waals surface area contributed by atoms with Crippen molar-refractivity contribution in [3.8, 4) is 5.75 Å². The summed E-state index contributed by atoms with van der Waals surface area (Å²) in [5, 5.41) is 14.0. The number of rotatable bonds is 5. The van der Waals surface area contributed by atoms with Gasteiger partial charge in [0.05, 0.1) is 10.5 Å². The van der Waals surface area contributed by atoms with Crippen molar-refractivity contribution in [2.45, 2.75) is 13.8 Å². The van der Waals surface area contributed by atoms with Gasteiger partial charge in [-0.3, -0.25) is 14.9 Å². The Morgan fingerprint density at radius 3 is 2.62 bits per heavy atom. The van der Waals surface area contributed by atoms with Crippen molar-refractivity contribution in [3.05, 3.63) is 79.7 Å². The van der Waals surface area contributed by atoms with Crippen molar-refractivity contribution in [3.63, 3.8) is 0 Å². The molecule has 148 valence electrons. The van der Waals surface area contributed by atoms with E-state index in [1.165, 1.54) is 36.4 Å². The van der Waals surface area contributed by atoms with Gasteiger partial charge in [0.15, 0.2) is 0 Å². The van der Waals surface area contributed by atoms with Gasteiger partial charge >= 0.3 is 11.6 Å². The van der Waals surface area contributed by atoms with Crippen molar-refractivity contribution in [1.82, 2.24) is 5.32 Å². The molecule has 3 aromatic rings. The first-order valence-corrected chi connectivity index (χ1v) is 8.63. The number of aryl methyl sites for hydroxylation is 1. The van der Waals surface area contributed by atoms with Gasteiger partial charge in [0.25, 0.3) is 11.6 Å². The van der Waals surface area contributed by atoms with Gasteiger partial charge < -0.3 is 14.5 Å². The van der Waals surface area contributed by atoms with Crippen LogP contribution in [0.2, 0.25) is 0 Å². The van der Waals surface area contributed by atoms with Crippen LogP contribution in [0, 0.1) is 17.0 Å². The Bertz CT molecular complexity index is 1200. The number of hydrogen-bond donors (Lipinski definition) is 1. The highest BCUT2D eigenvalue weighted by molar-refractivity contribution is 5.97. The van der Waals surface area contributed by atoms with Gasteiger partial charge in [-0.05, 0) is 38.1 Å². The lowest BCUT2D eigenvalue weighted by atomic mass is 10.1. The molecule has 0 saturated carbocycles. The molecule has 0 aliphatic rings. The number of ether oxygens (including phenoxy) is 1. The molecule has 0 aliphatic heterocycles. The Balaban J connectivity index is 1.89. The molecule has 0 aliphatic carbocycles. The van der Waals surface area contributed by atoms with Crippen LogP contribution in [0.1, 0.15) is 33.2 Å². The Morgan fingerprint density at radius 2 is 1.93 bits per heavy atom. The highest BCUT2D eigenvalue weighted by Crippen LogP contribution is 2.23. The van der Waals surface area contributed by atoms with Gasteiger partial charge in [0, 0.05) is 29.6 Å². The number of fused-ring (bicyclic) bond motifs is 1. The summed E-state index contributed by atoms with van der Waals surface area (Å²) in [5.41, 5.74) is -0.584. The molecular formula is C20H16N2O7. The molecule has 1 N–H and O–H groups in total. The maximum absolute atomic E-state index is 12.3. The molecule has 1 amide bonds. The van der Waals surface area contributed by atoms with Gasteiger partial charge in [-0.25, -0.2) is 9.59 Å². The third-order valence-corrected chi connectivity index (χ3v) is 4.14. The van der Waals surface area contributed by atoms with E-state index in [1.807, 2.05) is 0 Å². The minimum atomic E-state index is -0.818. The summed E-state index contributed by atoms with van der Waals surface area (Å²) in [7, 11) is 0. The molecule has 29 heavy (non-hydrogen) atoms. The minimum Gasteiger partial charge on any atom is -0.423 e. The van der Waals surface area contributed by atoms with Gasteiger partial charge in [0.2, 0.25) is 0 Å². The monoisotopic (exact) mass is 396 g/mol. The highest BCUT2D eigenvalue weighted by Gasteiger charge is 2.17. The number of nitrogens with one attached hydrogen (secondary N) is 1. The molecule has 9 nitrogen and oxygen atoms in total. The molecule has 2 aromatic carbocycles. The van der Waals surface area contributed by atoms with E-state index in [0.29, 0.717) is 17.5 Å². The summed E-state index contributed by atoms with van der Waals surface area (Å²) in [6, 6.07) is 9.73. The van der Waals surface area contributed by atoms with E-state index >= 15 is 0 Å². The first-order chi connectivity index (χ1) is 13.8. The minimum absolute atomic E-state index is 0.00966. The van der Waals surface area contributed by atoms with Crippen molar-refractivity contribution in [2.24, 2.45) is 0 Å². The maximum Gasteiger partial charge on any atom is 0.349 e. The largest absolute Gasteiger partial charge is 0.423 e. The predicted octanol–water partition coefficient (Wildman–Crippen LogP) is 2.98. The summed E-state index contributed by atoms with van der Waals surface area (Å²) < 4.78 is 10.4. The highest BCUT2D eigenvalue weighted by atomic mass is 16.6. The average molecular weight is 396 g/mol. The molecule has 1 heterocycles. The standard InChI is InChI=1S/C20H16N2O7/c1-3-21-18(23)15-8-12-6-7-14(10-17(12)29-20(15)25)28-19(24)13-5-4-11(2)16(9-13)22(26)27/h4-10H,3H2,1-2H3,(H,21,23). The van der Waals surface area contributed by atoms with Gasteiger partial charge in [-0.2, -0.15) is 0 Å². The zero-order valence-electron chi connectivity index (χ0n) is 15.6. The quantitative estimate of drug-likeness (QED) is 0.231. The number of esters is 1. The fraction of sp³-hybridized carbons (Fsp3) is 0.150. The average Bonchev–Trinajstić information content (AvgIpc) is 2.67. The zero-order valence-corrected chi connectivity index (χ0v) is 15.6. The van der Waals surface area contributed by atoms with Crippen LogP contribution in [-0.4, -0.2) is 23.3 Å². The molecule has 0 unspecified atom stereocenters. The third-order valence-electron chi connectivity index (χ3n) is 4.14. The molecule has 9 heteroatoms. The number of carbonyl (C=O) groups is 2. The second-order valence-corrected chi connectivity index (χ2v) is 6.15. The van der Waals surface area contributed by atoms with Crippen LogP contribution in [0.3, 0.4) is 0 Å². The second kappa shape index (κ2) is 7.93. The van der Waals surface area contributed by atoms with Crippen LogP contribution < -0.4 is 15.7 Å². The number of nitro groups is 1. The van der Waals surface area contributed by atoms with Crippen LogP contribution in [0.5, 0.6) is 5.75 Å². The Hall–Kier alpha value is -4.01. The van der Waals surface area contributed by atoms with Gasteiger partial charge in [-0.1, -0.05) is 6.07 Å². The summed E-state index contributed by atoms with van der Waals surface area (Å²) >= 11 is 0. The summed E-state index contributed by atoms with van der Waals surface area (Å²) in [4.78, 5) is 46.7. The Labute approximate surface area is 164 Å². The number of carbonyl (C=O) groups excluding carboxylic acids is 2. The summed E-state index contributed by atoms with van der Waals surface area (Å²) in [5.74, 6) is -1.26. The van der Waals surface area contributed by atoms with Gasteiger partial charge in [-0.15, -0.1) is 0 Å². The Kier molecular flexibility index (Phi) is 5.40. The predicted molar refractivity (Wildman–Crippen MR) is 103 cm³/mol. The van der Waals surface area contributed by atoms with E-state index in [2.05, 4.69) is 5.32 Å². The Morgan fingerprint density at radius 1 is 1.17 bits per heavy atom. The molecular weight excluding hydrogens is 380 g/mol. The second-order valence-electron chi connectivity index (χ2n) is 6.15. The molecule has 0 saturated heterocycles. The molecule has 3 rings (SSSR count). The van der Waals surface area contributed by atoms with Gasteiger partial charge in [0.1, 0.15) is 16.9 Å². The topological polar surface area (TPSA) is 129 Å². The number of amides is 1. The SMILES string of the molecule is CCNC(=O)c1cc2ccc(OC(=O)c3ccc(C)c([N+](=O)[O-])c3)cc2oc1=O. The lowest BCUT2D eigenvalue weighted by Gasteiger charge is -2.07. The van der Waals surface area contributed by atoms with Crippen molar-refractivity contribution in [2.75, 3.05) is 6.54 Å². The molecule has 0 spiro atoms. The van der Waals surface area contributed by atoms with E-state index in [0.717, 1.165) is 6.07 Å². The third kappa shape index (κ3) is 4.13. The zero-order chi connectivity index (χ0) is 21.1. The van der Waals surface area contributed by atoms with E-state index < -0.39 is 22.4 Å². The molecule has 0 bridgehead atoms. The van der Waals surface area contributed by atoms with E-state index in [4.69, 9.17) is 9.15 Å². The summed E-state index contributed by atoms with van der Waals surface area (Å²) in [6.45, 7) is 3.65. The lowest BCUT2D eigenvalue weighted by Crippen LogP contribution is -2.27. The van der Waals surface area contributed by atoms with Crippen molar-refractivity contribution < 1.29 is 23.7 Å². The first-order valence-electron chi connectivity index (χ1n) is 8.63. The molecule has 0 atom stereocenters. The number of hydrogen-bond acceptors (Lipinski definition) is 7. The summed E-state index contributed by atoms with van der Waals surface area (Å²) in [6.07, 6.45) is 0.